The third-order valence-electron chi connectivity index (χ3n) is 4.61. The number of nitrogens with one attached hydrogen (secondary N) is 1. The first-order chi connectivity index (χ1) is 9.83. The number of pyridine rings is 1. The maximum atomic E-state index is 4.64. The van der Waals surface area contributed by atoms with Gasteiger partial charge in [0.1, 0.15) is 5.82 Å². The molecular formula is C16H26N4. The van der Waals surface area contributed by atoms with Gasteiger partial charge in [-0.1, -0.05) is 18.9 Å². The van der Waals surface area contributed by atoms with Crippen LogP contribution < -0.4 is 10.2 Å². The van der Waals surface area contributed by atoms with Gasteiger partial charge >= 0.3 is 0 Å². The Kier molecular flexibility index (Phi) is 4.53. The van der Waals surface area contributed by atoms with Crippen LogP contribution in [0.15, 0.2) is 18.3 Å². The third kappa shape index (κ3) is 3.30. The van der Waals surface area contributed by atoms with Crippen LogP contribution in [0.5, 0.6) is 0 Å². The van der Waals surface area contributed by atoms with E-state index in [0.29, 0.717) is 0 Å². The second-order valence-electron chi connectivity index (χ2n) is 6.14. The van der Waals surface area contributed by atoms with Crippen LogP contribution in [0.25, 0.3) is 0 Å². The molecule has 4 nitrogen and oxygen atoms in total. The zero-order valence-electron chi connectivity index (χ0n) is 12.5. The van der Waals surface area contributed by atoms with Crippen molar-refractivity contribution < 1.29 is 0 Å². The van der Waals surface area contributed by atoms with E-state index in [1.165, 1.54) is 37.1 Å². The van der Waals surface area contributed by atoms with Gasteiger partial charge in [0.15, 0.2) is 0 Å². The fraction of sp³-hybridized carbons (Fsp3) is 0.688. The molecule has 0 unspecified atom stereocenters. The lowest BCUT2D eigenvalue weighted by Gasteiger charge is -2.34. The van der Waals surface area contributed by atoms with Crippen molar-refractivity contribution in [2.24, 2.45) is 0 Å². The molecular weight excluding hydrogens is 248 g/mol. The van der Waals surface area contributed by atoms with Gasteiger partial charge in [-0.25, -0.2) is 4.98 Å². The molecule has 1 N–H and O–H groups in total. The van der Waals surface area contributed by atoms with E-state index in [9.17, 15) is 0 Å². The van der Waals surface area contributed by atoms with Crippen molar-refractivity contribution in [1.29, 1.82) is 0 Å². The number of hydrogen-bond acceptors (Lipinski definition) is 4. The largest absolute Gasteiger partial charge is 0.354 e. The Morgan fingerprint density at radius 3 is 2.70 bits per heavy atom. The fourth-order valence-electron chi connectivity index (χ4n) is 3.26. The molecule has 110 valence electrons. The summed E-state index contributed by atoms with van der Waals surface area (Å²) in [6, 6.07) is 5.00. The van der Waals surface area contributed by atoms with Crippen molar-refractivity contribution in [2.75, 3.05) is 38.1 Å². The molecule has 1 aliphatic carbocycles. The van der Waals surface area contributed by atoms with Crippen molar-refractivity contribution in [1.82, 2.24) is 15.2 Å². The van der Waals surface area contributed by atoms with Crippen LogP contribution in [0.1, 0.15) is 31.2 Å². The summed E-state index contributed by atoms with van der Waals surface area (Å²) >= 11 is 0. The molecule has 2 fully saturated rings. The molecule has 1 aliphatic heterocycles. The van der Waals surface area contributed by atoms with E-state index in [0.717, 1.165) is 38.8 Å². The number of nitrogens with zero attached hydrogens (tertiary/aromatic N) is 3. The standard InChI is InChI=1S/C16H26N4/c1-19-9-11-20(12-10-19)16-14(5-4-8-17-16)13-18-15-6-2-3-7-15/h4-5,8,15,18H,2-3,6-7,9-13H2,1H3. The Hall–Kier alpha value is -1.13. The lowest BCUT2D eigenvalue weighted by Crippen LogP contribution is -2.45. The molecule has 0 aromatic carbocycles. The molecule has 0 radical (unpaired) electrons. The van der Waals surface area contributed by atoms with E-state index >= 15 is 0 Å². The Labute approximate surface area is 122 Å². The van der Waals surface area contributed by atoms with Gasteiger partial charge in [-0.3, -0.25) is 0 Å². The van der Waals surface area contributed by atoms with Crippen LogP contribution in [0.2, 0.25) is 0 Å². The summed E-state index contributed by atoms with van der Waals surface area (Å²) in [5.41, 5.74) is 1.35. The monoisotopic (exact) mass is 274 g/mol. The number of likely N-dealkylation sites (N-methyl/N-ethyl adjacent to an activating group) is 1. The normalized spacial score (nSPS) is 21.6. The van der Waals surface area contributed by atoms with Gasteiger partial charge in [0, 0.05) is 50.5 Å². The molecule has 3 rings (SSSR count). The molecule has 2 heterocycles. The van der Waals surface area contributed by atoms with Crippen molar-refractivity contribution in [2.45, 2.75) is 38.3 Å². The molecule has 0 atom stereocenters. The van der Waals surface area contributed by atoms with Crippen molar-refractivity contribution >= 4 is 5.82 Å². The SMILES string of the molecule is CN1CCN(c2ncccc2CNC2CCCC2)CC1. The van der Waals surface area contributed by atoms with Gasteiger partial charge in [0.25, 0.3) is 0 Å². The molecule has 20 heavy (non-hydrogen) atoms. The van der Waals surface area contributed by atoms with Gasteiger partial charge < -0.3 is 15.1 Å². The fourth-order valence-corrected chi connectivity index (χ4v) is 3.26. The summed E-state index contributed by atoms with van der Waals surface area (Å²) in [5, 5.41) is 3.71. The highest BCUT2D eigenvalue weighted by molar-refractivity contribution is 5.47. The molecule has 1 aromatic heterocycles. The summed E-state index contributed by atoms with van der Waals surface area (Å²) in [5.74, 6) is 1.19. The number of aromatic nitrogens is 1. The Morgan fingerprint density at radius 1 is 1.20 bits per heavy atom. The Morgan fingerprint density at radius 2 is 1.95 bits per heavy atom. The average molecular weight is 274 g/mol. The van der Waals surface area contributed by atoms with E-state index in [1.807, 2.05) is 6.20 Å². The predicted molar refractivity (Wildman–Crippen MR) is 83.0 cm³/mol. The summed E-state index contributed by atoms with van der Waals surface area (Å²) in [7, 11) is 2.19. The zero-order chi connectivity index (χ0) is 13.8. The number of anilines is 1. The van der Waals surface area contributed by atoms with E-state index in [1.54, 1.807) is 0 Å². The van der Waals surface area contributed by atoms with Crippen LogP contribution in [0.4, 0.5) is 5.82 Å². The van der Waals surface area contributed by atoms with Crippen LogP contribution in [-0.2, 0) is 6.54 Å². The smallest absolute Gasteiger partial charge is 0.133 e. The van der Waals surface area contributed by atoms with Gasteiger partial charge in [-0.2, -0.15) is 0 Å². The highest BCUT2D eigenvalue weighted by Gasteiger charge is 2.19. The minimum absolute atomic E-state index is 0.718. The molecule has 1 saturated heterocycles. The number of rotatable bonds is 4. The van der Waals surface area contributed by atoms with Gasteiger partial charge in [-0.05, 0) is 26.0 Å². The van der Waals surface area contributed by atoms with Crippen molar-refractivity contribution in [3.05, 3.63) is 23.9 Å². The molecule has 1 saturated carbocycles. The van der Waals surface area contributed by atoms with Crippen molar-refractivity contribution in [3.63, 3.8) is 0 Å². The number of hydrogen-bond donors (Lipinski definition) is 1. The highest BCUT2D eigenvalue weighted by atomic mass is 15.3. The van der Waals surface area contributed by atoms with Crippen LogP contribution >= 0.6 is 0 Å². The molecule has 4 heteroatoms. The quantitative estimate of drug-likeness (QED) is 0.908. The Bertz CT molecular complexity index is 420. The van der Waals surface area contributed by atoms with Crippen molar-refractivity contribution in [3.8, 4) is 0 Å². The van der Waals surface area contributed by atoms with E-state index in [2.05, 4.69) is 39.3 Å². The lowest BCUT2D eigenvalue weighted by atomic mass is 10.2. The molecule has 1 aromatic rings. The zero-order valence-corrected chi connectivity index (χ0v) is 12.5. The second-order valence-corrected chi connectivity index (χ2v) is 6.14. The first kappa shape index (κ1) is 13.8. The van der Waals surface area contributed by atoms with E-state index < -0.39 is 0 Å². The van der Waals surface area contributed by atoms with E-state index in [4.69, 9.17) is 0 Å². The van der Waals surface area contributed by atoms with Crippen LogP contribution in [0.3, 0.4) is 0 Å². The summed E-state index contributed by atoms with van der Waals surface area (Å²) in [6.45, 7) is 5.40. The highest BCUT2D eigenvalue weighted by Crippen LogP contribution is 2.21. The van der Waals surface area contributed by atoms with Gasteiger partial charge in [0.2, 0.25) is 0 Å². The molecule has 0 amide bonds. The maximum absolute atomic E-state index is 4.64. The summed E-state index contributed by atoms with van der Waals surface area (Å²) < 4.78 is 0. The van der Waals surface area contributed by atoms with Gasteiger partial charge in [-0.15, -0.1) is 0 Å². The van der Waals surface area contributed by atoms with E-state index in [-0.39, 0.29) is 0 Å². The molecule has 0 bridgehead atoms. The molecule has 0 spiro atoms. The minimum atomic E-state index is 0.718. The topological polar surface area (TPSA) is 31.4 Å². The first-order valence-corrected chi connectivity index (χ1v) is 7.94. The average Bonchev–Trinajstić information content (AvgIpc) is 3.00. The second kappa shape index (κ2) is 6.55. The third-order valence-corrected chi connectivity index (χ3v) is 4.61. The number of piperazine rings is 1. The minimum Gasteiger partial charge on any atom is -0.354 e. The van der Waals surface area contributed by atoms with Gasteiger partial charge in [0.05, 0.1) is 0 Å². The Balaban J connectivity index is 1.64. The van der Waals surface area contributed by atoms with Crippen LogP contribution in [0, 0.1) is 0 Å². The predicted octanol–water partition coefficient (Wildman–Crippen LogP) is 1.87. The summed E-state index contributed by atoms with van der Waals surface area (Å²) in [6.07, 6.45) is 7.37. The first-order valence-electron chi connectivity index (χ1n) is 7.94. The lowest BCUT2D eigenvalue weighted by molar-refractivity contribution is 0.311. The van der Waals surface area contributed by atoms with Crippen LogP contribution in [-0.4, -0.2) is 49.2 Å². The molecule has 2 aliphatic rings. The maximum Gasteiger partial charge on any atom is 0.133 e. The summed E-state index contributed by atoms with van der Waals surface area (Å²) in [4.78, 5) is 9.46.